The zero-order valence-electron chi connectivity index (χ0n) is 11.1. The third-order valence-electron chi connectivity index (χ3n) is 4.82. The molecule has 4 heteroatoms. The molecule has 0 radical (unpaired) electrons. The molecule has 4 nitrogen and oxygen atoms in total. The number of carbonyl (C=O) groups is 1. The van der Waals surface area contributed by atoms with Crippen molar-refractivity contribution in [1.82, 2.24) is 9.80 Å². The third kappa shape index (κ3) is 1.81. The van der Waals surface area contributed by atoms with Crippen molar-refractivity contribution in [3.63, 3.8) is 0 Å². The molecule has 3 fully saturated rings. The van der Waals surface area contributed by atoms with Crippen molar-refractivity contribution in [3.05, 3.63) is 0 Å². The minimum absolute atomic E-state index is 0.0997. The molecule has 0 bridgehead atoms. The normalized spacial score (nSPS) is 34.6. The highest BCUT2D eigenvalue weighted by molar-refractivity contribution is 5.88. The molecule has 0 aromatic heterocycles. The number of hydrogen-bond acceptors (Lipinski definition) is 3. The van der Waals surface area contributed by atoms with E-state index in [1.54, 1.807) is 0 Å². The van der Waals surface area contributed by atoms with Gasteiger partial charge in [0.2, 0.25) is 5.91 Å². The monoisotopic (exact) mass is 247 g/mol. The first-order valence-corrected chi connectivity index (χ1v) is 7.13. The first-order chi connectivity index (χ1) is 8.66. The van der Waals surface area contributed by atoms with E-state index >= 15 is 0 Å². The fourth-order valence-electron chi connectivity index (χ4n) is 3.41. The van der Waals surface area contributed by atoms with Gasteiger partial charge < -0.3 is 4.90 Å². The van der Waals surface area contributed by atoms with Crippen LogP contribution in [0.25, 0.3) is 0 Å². The van der Waals surface area contributed by atoms with Crippen LogP contribution < -0.4 is 0 Å². The summed E-state index contributed by atoms with van der Waals surface area (Å²) in [5, 5.41) is 9.17. The van der Waals surface area contributed by atoms with E-state index in [0.717, 1.165) is 25.9 Å². The van der Waals surface area contributed by atoms with Crippen molar-refractivity contribution in [2.24, 2.45) is 5.41 Å². The molecule has 0 aromatic carbocycles. The van der Waals surface area contributed by atoms with Gasteiger partial charge in [-0.3, -0.25) is 9.69 Å². The summed E-state index contributed by atoms with van der Waals surface area (Å²) in [5.41, 5.74) is -0.648. The maximum absolute atomic E-state index is 12.5. The summed E-state index contributed by atoms with van der Waals surface area (Å²) < 4.78 is 0. The van der Waals surface area contributed by atoms with Crippen LogP contribution in [0.5, 0.6) is 0 Å². The highest BCUT2D eigenvalue weighted by Gasteiger charge is 2.54. The van der Waals surface area contributed by atoms with Gasteiger partial charge in [0.25, 0.3) is 0 Å². The summed E-state index contributed by atoms with van der Waals surface area (Å²) in [7, 11) is 0. The van der Waals surface area contributed by atoms with Crippen LogP contribution in [0.2, 0.25) is 0 Å². The molecule has 1 amide bonds. The summed E-state index contributed by atoms with van der Waals surface area (Å²) >= 11 is 0. The van der Waals surface area contributed by atoms with E-state index in [-0.39, 0.29) is 11.9 Å². The molecule has 0 aromatic rings. The van der Waals surface area contributed by atoms with Crippen molar-refractivity contribution in [1.29, 1.82) is 5.26 Å². The number of carbonyl (C=O) groups excluding carboxylic acids is 1. The van der Waals surface area contributed by atoms with Crippen molar-refractivity contribution >= 4 is 5.91 Å². The van der Waals surface area contributed by atoms with Gasteiger partial charge in [0.15, 0.2) is 0 Å². The van der Waals surface area contributed by atoms with Crippen molar-refractivity contribution < 1.29 is 4.79 Å². The lowest BCUT2D eigenvalue weighted by Gasteiger charge is -2.48. The number of fused-ring (bicyclic) bond motifs is 1. The fourth-order valence-corrected chi connectivity index (χ4v) is 3.41. The second kappa shape index (κ2) is 4.24. The Hall–Kier alpha value is -1.08. The van der Waals surface area contributed by atoms with Gasteiger partial charge in [0.05, 0.1) is 6.07 Å². The zero-order chi connectivity index (χ0) is 12.8. The summed E-state index contributed by atoms with van der Waals surface area (Å²) in [6.07, 6.45) is 5.30. The average Bonchev–Trinajstić information content (AvgIpc) is 3.18. The average molecular weight is 247 g/mol. The first-order valence-electron chi connectivity index (χ1n) is 7.13. The lowest BCUT2D eigenvalue weighted by molar-refractivity contribution is -0.142. The molecule has 2 unspecified atom stereocenters. The number of rotatable bonds is 1. The number of piperazine rings is 1. The summed E-state index contributed by atoms with van der Waals surface area (Å²) in [6.45, 7) is 5.12. The Morgan fingerprint density at radius 1 is 1.33 bits per heavy atom. The largest absolute Gasteiger partial charge is 0.336 e. The van der Waals surface area contributed by atoms with Crippen LogP contribution in [-0.4, -0.2) is 47.4 Å². The van der Waals surface area contributed by atoms with Gasteiger partial charge in [-0.25, -0.2) is 0 Å². The van der Waals surface area contributed by atoms with E-state index in [0.29, 0.717) is 6.04 Å². The van der Waals surface area contributed by atoms with Crippen LogP contribution in [0.1, 0.15) is 39.0 Å². The van der Waals surface area contributed by atoms with E-state index in [2.05, 4.69) is 17.9 Å². The minimum atomic E-state index is -0.648. The van der Waals surface area contributed by atoms with Crippen molar-refractivity contribution in [3.8, 4) is 6.07 Å². The molecule has 18 heavy (non-hydrogen) atoms. The Balaban J connectivity index is 1.73. The van der Waals surface area contributed by atoms with Crippen LogP contribution in [-0.2, 0) is 4.79 Å². The summed E-state index contributed by atoms with van der Waals surface area (Å²) in [6, 6.07) is 3.03. The van der Waals surface area contributed by atoms with Gasteiger partial charge in [0.1, 0.15) is 5.41 Å². The van der Waals surface area contributed by atoms with Gasteiger partial charge in [-0.2, -0.15) is 5.26 Å². The molecule has 2 saturated heterocycles. The molecule has 3 rings (SSSR count). The molecular weight excluding hydrogens is 226 g/mol. The van der Waals surface area contributed by atoms with Gasteiger partial charge >= 0.3 is 0 Å². The zero-order valence-corrected chi connectivity index (χ0v) is 11.1. The van der Waals surface area contributed by atoms with Gasteiger partial charge in [-0.15, -0.1) is 0 Å². The molecule has 2 aliphatic heterocycles. The predicted molar refractivity (Wildman–Crippen MR) is 67.7 cm³/mol. The minimum Gasteiger partial charge on any atom is -0.336 e. The van der Waals surface area contributed by atoms with Crippen LogP contribution in [0.15, 0.2) is 0 Å². The molecule has 0 N–H and O–H groups in total. The second-order valence-electron chi connectivity index (χ2n) is 6.14. The molecule has 3 aliphatic rings. The smallest absolute Gasteiger partial charge is 0.243 e. The highest BCUT2D eigenvalue weighted by atomic mass is 16.2. The van der Waals surface area contributed by atoms with E-state index in [9.17, 15) is 4.79 Å². The molecule has 0 spiro atoms. The van der Waals surface area contributed by atoms with E-state index in [1.165, 1.54) is 25.8 Å². The lowest BCUT2D eigenvalue weighted by atomic mass is 9.95. The number of nitrogens with zero attached hydrogens (tertiary/aromatic N) is 3. The second-order valence-corrected chi connectivity index (χ2v) is 6.14. The van der Waals surface area contributed by atoms with Crippen LogP contribution in [0.4, 0.5) is 0 Å². The summed E-state index contributed by atoms with van der Waals surface area (Å²) in [4.78, 5) is 17.0. The quantitative estimate of drug-likeness (QED) is 0.703. The number of hydrogen-bond donors (Lipinski definition) is 0. The van der Waals surface area contributed by atoms with Crippen LogP contribution in [0, 0.1) is 16.7 Å². The van der Waals surface area contributed by atoms with Crippen LogP contribution >= 0.6 is 0 Å². The van der Waals surface area contributed by atoms with E-state index in [4.69, 9.17) is 5.26 Å². The molecular formula is C14H21N3O. The topological polar surface area (TPSA) is 47.3 Å². The molecule has 2 atom stereocenters. The standard InChI is InChI=1S/C14H21N3O/c1-11-8-16-7-3-2-4-12(16)9-17(11)13(18)14(10-15)5-6-14/h11-12H,2-9H2,1H3. The number of amides is 1. The molecule has 1 aliphatic carbocycles. The predicted octanol–water partition coefficient (Wildman–Crippen LogP) is 1.38. The number of piperidine rings is 1. The highest BCUT2D eigenvalue weighted by Crippen LogP contribution is 2.47. The fraction of sp³-hybridized carbons (Fsp3) is 0.857. The summed E-state index contributed by atoms with van der Waals surface area (Å²) in [5.74, 6) is 0.0997. The first kappa shape index (κ1) is 12.0. The third-order valence-corrected chi connectivity index (χ3v) is 4.82. The SMILES string of the molecule is CC1CN2CCCCC2CN1C(=O)C1(C#N)CC1. The molecule has 98 valence electrons. The molecule has 1 saturated carbocycles. The van der Waals surface area contributed by atoms with Crippen LogP contribution in [0.3, 0.4) is 0 Å². The van der Waals surface area contributed by atoms with E-state index < -0.39 is 5.41 Å². The number of nitriles is 1. The van der Waals surface area contributed by atoms with Gasteiger partial charge in [-0.1, -0.05) is 6.42 Å². The van der Waals surface area contributed by atoms with Gasteiger partial charge in [-0.05, 0) is 39.2 Å². The molecule has 2 heterocycles. The lowest BCUT2D eigenvalue weighted by Crippen LogP contribution is -2.61. The van der Waals surface area contributed by atoms with Crippen molar-refractivity contribution in [2.75, 3.05) is 19.6 Å². The maximum atomic E-state index is 12.5. The maximum Gasteiger partial charge on any atom is 0.243 e. The Labute approximate surface area is 109 Å². The Morgan fingerprint density at radius 3 is 2.78 bits per heavy atom. The van der Waals surface area contributed by atoms with E-state index in [1.807, 2.05) is 4.90 Å². The van der Waals surface area contributed by atoms with Gasteiger partial charge in [0, 0.05) is 25.2 Å². The Bertz CT molecular complexity index is 396. The Morgan fingerprint density at radius 2 is 2.11 bits per heavy atom. The Kier molecular flexibility index (Phi) is 2.82. The van der Waals surface area contributed by atoms with Crippen molar-refractivity contribution in [2.45, 2.75) is 51.1 Å².